The van der Waals surface area contributed by atoms with E-state index in [0.717, 1.165) is 11.0 Å². The maximum atomic E-state index is 12.2. The van der Waals surface area contributed by atoms with Crippen LogP contribution < -0.4 is 11.2 Å². The minimum absolute atomic E-state index is 0.0502. The first-order valence-corrected chi connectivity index (χ1v) is 6.37. The number of nitrogens with zero attached hydrogens (tertiary/aromatic N) is 4. The molecule has 0 bridgehead atoms. The third-order valence-corrected chi connectivity index (χ3v) is 3.10. The van der Waals surface area contributed by atoms with Gasteiger partial charge in [-0.05, 0) is 12.8 Å². The Labute approximate surface area is 109 Å². The molecule has 0 amide bonds. The zero-order chi connectivity index (χ0) is 14.0. The zero-order valence-corrected chi connectivity index (χ0v) is 11.2. The van der Waals surface area contributed by atoms with E-state index in [4.69, 9.17) is 5.11 Å². The molecule has 7 heteroatoms. The first-order valence-electron chi connectivity index (χ1n) is 6.37. The molecule has 0 atom stereocenters. The number of fused-ring (bicyclic) bond motifs is 1. The summed E-state index contributed by atoms with van der Waals surface area (Å²) in [5, 5.41) is 8.87. The monoisotopic (exact) mass is 266 g/mol. The van der Waals surface area contributed by atoms with Crippen LogP contribution in [0.2, 0.25) is 0 Å². The summed E-state index contributed by atoms with van der Waals surface area (Å²) in [6.45, 7) is 3.05. The van der Waals surface area contributed by atoms with Gasteiger partial charge >= 0.3 is 5.69 Å². The van der Waals surface area contributed by atoms with Crippen LogP contribution in [-0.4, -0.2) is 30.4 Å². The number of imidazole rings is 1. The number of hydrogen-bond donors (Lipinski definition) is 1. The minimum Gasteiger partial charge on any atom is -0.396 e. The number of hydrogen-bond acceptors (Lipinski definition) is 4. The lowest BCUT2D eigenvalue weighted by molar-refractivity contribution is 0.280. The Morgan fingerprint density at radius 3 is 2.68 bits per heavy atom. The van der Waals surface area contributed by atoms with Crippen molar-refractivity contribution in [2.45, 2.75) is 32.9 Å². The largest absolute Gasteiger partial charge is 0.396 e. The number of aromatic nitrogens is 4. The van der Waals surface area contributed by atoms with Crippen LogP contribution in [0.25, 0.3) is 11.2 Å². The lowest BCUT2D eigenvalue weighted by Crippen LogP contribution is -2.38. The maximum absolute atomic E-state index is 12.2. The van der Waals surface area contributed by atoms with E-state index in [9.17, 15) is 9.59 Å². The van der Waals surface area contributed by atoms with Crippen LogP contribution in [0.5, 0.6) is 0 Å². The third-order valence-electron chi connectivity index (χ3n) is 3.10. The Kier molecular flexibility index (Phi) is 3.84. The fourth-order valence-electron chi connectivity index (χ4n) is 2.14. The summed E-state index contributed by atoms with van der Waals surface area (Å²) in [5.74, 6) is 0. The molecule has 104 valence electrons. The minimum atomic E-state index is -0.345. The molecule has 0 unspecified atom stereocenters. The number of aliphatic hydroxyl groups excluding tert-OH is 1. The Bertz CT molecular complexity index is 695. The molecular formula is C12H18N4O3. The van der Waals surface area contributed by atoms with E-state index < -0.39 is 0 Å². The average Bonchev–Trinajstić information content (AvgIpc) is 2.82. The van der Waals surface area contributed by atoms with Gasteiger partial charge < -0.3 is 9.67 Å². The highest BCUT2D eigenvalue weighted by molar-refractivity contribution is 5.70. The van der Waals surface area contributed by atoms with E-state index in [1.165, 1.54) is 11.6 Å². The van der Waals surface area contributed by atoms with Crippen LogP contribution in [0, 0.1) is 0 Å². The first-order chi connectivity index (χ1) is 9.11. The van der Waals surface area contributed by atoms with Crippen molar-refractivity contribution in [1.82, 2.24) is 18.7 Å². The molecule has 7 nitrogen and oxygen atoms in total. The molecule has 2 aromatic rings. The summed E-state index contributed by atoms with van der Waals surface area (Å²) < 4.78 is 4.32. The van der Waals surface area contributed by atoms with Crippen molar-refractivity contribution in [1.29, 1.82) is 0 Å². The SMILES string of the molecule is CCCn1c(=O)n(C)c(=O)c2c1ncn2CCCO. The molecule has 19 heavy (non-hydrogen) atoms. The molecule has 0 aromatic carbocycles. The molecule has 0 spiro atoms. The smallest absolute Gasteiger partial charge is 0.332 e. The van der Waals surface area contributed by atoms with E-state index in [-0.39, 0.29) is 17.9 Å². The molecule has 1 N–H and O–H groups in total. The molecule has 2 heterocycles. The quantitative estimate of drug-likeness (QED) is 0.804. The summed E-state index contributed by atoms with van der Waals surface area (Å²) >= 11 is 0. The Hall–Kier alpha value is -1.89. The van der Waals surface area contributed by atoms with Crippen molar-refractivity contribution in [3.63, 3.8) is 0 Å². The molecule has 0 aliphatic carbocycles. The molecule has 0 saturated heterocycles. The predicted octanol–water partition coefficient (Wildman–Crippen LogP) is -0.311. The standard InChI is InChI=1S/C12H18N4O3/c1-3-5-16-10-9(11(18)14(2)12(16)19)15(8-13-10)6-4-7-17/h8,17H,3-7H2,1-2H3. The van der Waals surface area contributed by atoms with Crippen molar-refractivity contribution in [2.24, 2.45) is 7.05 Å². The molecule has 2 rings (SSSR count). The molecule has 0 aliphatic heterocycles. The van der Waals surface area contributed by atoms with E-state index in [1.54, 1.807) is 10.9 Å². The zero-order valence-electron chi connectivity index (χ0n) is 11.2. The van der Waals surface area contributed by atoms with Gasteiger partial charge in [0, 0.05) is 26.7 Å². The van der Waals surface area contributed by atoms with Gasteiger partial charge in [-0.15, -0.1) is 0 Å². The fourth-order valence-corrected chi connectivity index (χ4v) is 2.14. The first kappa shape index (κ1) is 13.5. The lowest BCUT2D eigenvalue weighted by Gasteiger charge is -2.08. The van der Waals surface area contributed by atoms with Gasteiger partial charge in [0.1, 0.15) is 0 Å². The van der Waals surface area contributed by atoms with Crippen LogP contribution in [0.3, 0.4) is 0 Å². The van der Waals surface area contributed by atoms with Crippen molar-refractivity contribution in [3.8, 4) is 0 Å². The number of aliphatic hydroxyl groups is 1. The second-order valence-electron chi connectivity index (χ2n) is 4.49. The molecule has 0 aliphatic rings. The molecule has 0 fully saturated rings. The number of aryl methyl sites for hydroxylation is 2. The highest BCUT2D eigenvalue weighted by atomic mass is 16.3. The van der Waals surface area contributed by atoms with Crippen molar-refractivity contribution in [2.75, 3.05) is 6.61 Å². The molecule has 0 saturated carbocycles. The van der Waals surface area contributed by atoms with Crippen molar-refractivity contribution in [3.05, 3.63) is 27.2 Å². The van der Waals surface area contributed by atoms with Gasteiger partial charge in [0.25, 0.3) is 5.56 Å². The van der Waals surface area contributed by atoms with E-state index in [2.05, 4.69) is 4.98 Å². The van der Waals surface area contributed by atoms with Crippen molar-refractivity contribution >= 4 is 11.2 Å². The topological polar surface area (TPSA) is 82.0 Å². The average molecular weight is 266 g/mol. The summed E-state index contributed by atoms with van der Waals surface area (Å²) in [6.07, 6.45) is 2.88. The Balaban J connectivity index is 2.73. The van der Waals surface area contributed by atoms with Gasteiger partial charge in [-0.25, -0.2) is 9.78 Å². The fraction of sp³-hybridized carbons (Fsp3) is 0.583. The third kappa shape index (κ3) is 2.21. The predicted molar refractivity (Wildman–Crippen MR) is 71.2 cm³/mol. The molecular weight excluding hydrogens is 248 g/mol. The van der Waals surface area contributed by atoms with Crippen LogP contribution >= 0.6 is 0 Å². The number of rotatable bonds is 5. The normalized spacial score (nSPS) is 11.3. The van der Waals surface area contributed by atoms with Crippen LogP contribution in [0.4, 0.5) is 0 Å². The van der Waals surface area contributed by atoms with Crippen molar-refractivity contribution < 1.29 is 5.11 Å². The van der Waals surface area contributed by atoms with Crippen LogP contribution in [-0.2, 0) is 20.1 Å². The van der Waals surface area contributed by atoms with Gasteiger partial charge in [0.05, 0.1) is 6.33 Å². The highest BCUT2D eigenvalue weighted by Gasteiger charge is 2.15. The van der Waals surface area contributed by atoms with Gasteiger partial charge in [0.2, 0.25) is 0 Å². The van der Waals surface area contributed by atoms with E-state index >= 15 is 0 Å². The van der Waals surface area contributed by atoms with Gasteiger partial charge in [0.15, 0.2) is 11.2 Å². The van der Waals surface area contributed by atoms with E-state index in [0.29, 0.717) is 30.7 Å². The summed E-state index contributed by atoms with van der Waals surface area (Å²) in [5.41, 5.74) is 0.159. The van der Waals surface area contributed by atoms with Gasteiger partial charge in [-0.1, -0.05) is 6.92 Å². The molecule has 0 radical (unpaired) electrons. The van der Waals surface area contributed by atoms with Gasteiger partial charge in [-0.3, -0.25) is 13.9 Å². The van der Waals surface area contributed by atoms with Gasteiger partial charge in [-0.2, -0.15) is 0 Å². The Morgan fingerprint density at radius 1 is 1.32 bits per heavy atom. The summed E-state index contributed by atoms with van der Waals surface area (Å²) in [6, 6.07) is 0. The summed E-state index contributed by atoms with van der Waals surface area (Å²) in [7, 11) is 1.47. The van der Waals surface area contributed by atoms with Crippen LogP contribution in [0.1, 0.15) is 19.8 Å². The highest BCUT2D eigenvalue weighted by Crippen LogP contribution is 2.07. The summed E-state index contributed by atoms with van der Waals surface area (Å²) in [4.78, 5) is 28.4. The Morgan fingerprint density at radius 2 is 2.05 bits per heavy atom. The second kappa shape index (κ2) is 5.40. The van der Waals surface area contributed by atoms with Crippen LogP contribution in [0.15, 0.2) is 15.9 Å². The lowest BCUT2D eigenvalue weighted by atomic mass is 10.4. The molecule has 2 aromatic heterocycles. The maximum Gasteiger partial charge on any atom is 0.332 e. The van der Waals surface area contributed by atoms with E-state index in [1.807, 2.05) is 6.92 Å². The second-order valence-corrected chi connectivity index (χ2v) is 4.49.